The summed E-state index contributed by atoms with van der Waals surface area (Å²) in [5.41, 5.74) is 0. The van der Waals surface area contributed by atoms with E-state index in [-0.39, 0.29) is 6.54 Å². The Bertz CT molecular complexity index is 397. The molecule has 0 aromatic carbocycles. The summed E-state index contributed by atoms with van der Waals surface area (Å²) in [5.74, 6) is -4.89. The summed E-state index contributed by atoms with van der Waals surface area (Å²) >= 11 is 0. The number of hydrogen-bond donors (Lipinski definition) is 2. The number of alkyl halides is 4. The number of piperazine rings is 1. The quantitative estimate of drug-likeness (QED) is 0.407. The molecule has 0 atom stereocenters. The minimum absolute atomic E-state index is 0.232. The molecule has 0 radical (unpaired) electrons. The van der Waals surface area contributed by atoms with Gasteiger partial charge in [0.2, 0.25) is 0 Å². The van der Waals surface area contributed by atoms with Crippen molar-refractivity contribution in [2.45, 2.75) is 12.3 Å². The topological polar surface area (TPSA) is 52.2 Å². The fraction of sp³-hybridized carbons (Fsp3) is 1.00. The Morgan fingerprint density at radius 1 is 1.20 bits per heavy atom. The average molecular weight is 324 g/mol. The lowest BCUT2D eigenvalue weighted by Gasteiger charge is -2.27. The molecule has 20 heavy (non-hydrogen) atoms. The van der Waals surface area contributed by atoms with Crippen molar-refractivity contribution in [3.05, 3.63) is 0 Å². The predicted octanol–water partition coefficient (Wildman–Crippen LogP) is -2.35. The van der Waals surface area contributed by atoms with Gasteiger partial charge in [0, 0.05) is 0 Å². The summed E-state index contributed by atoms with van der Waals surface area (Å²) in [7, 11) is -2.17. The Morgan fingerprint density at radius 3 is 2.25 bits per heavy atom. The second-order valence-corrected chi connectivity index (χ2v) is 6.80. The summed E-state index contributed by atoms with van der Waals surface area (Å²) in [5, 5.41) is 0. The van der Waals surface area contributed by atoms with E-state index >= 15 is 0 Å². The number of halogens is 4. The molecule has 5 nitrogen and oxygen atoms in total. The van der Waals surface area contributed by atoms with Crippen molar-refractivity contribution in [2.24, 2.45) is 0 Å². The first-order chi connectivity index (χ1) is 9.12. The van der Waals surface area contributed by atoms with Crippen LogP contribution in [0.3, 0.4) is 0 Å². The smallest absolute Gasteiger partial charge is 0.328 e. The van der Waals surface area contributed by atoms with E-state index in [4.69, 9.17) is 0 Å². The van der Waals surface area contributed by atoms with Gasteiger partial charge in [0.15, 0.2) is 0 Å². The average Bonchev–Trinajstić information content (AvgIpc) is 2.36. The number of quaternary nitrogens is 2. The van der Waals surface area contributed by atoms with Gasteiger partial charge >= 0.3 is 12.3 Å². The van der Waals surface area contributed by atoms with E-state index in [1.165, 1.54) is 4.90 Å². The van der Waals surface area contributed by atoms with Crippen molar-refractivity contribution >= 4 is 10.1 Å². The Balaban J connectivity index is 2.35. The van der Waals surface area contributed by atoms with Gasteiger partial charge < -0.3 is 9.80 Å². The van der Waals surface area contributed by atoms with Crippen LogP contribution in [0.15, 0.2) is 0 Å². The normalized spacial score (nSPS) is 25.1. The molecule has 1 fully saturated rings. The SMILES string of the molecule is C[NH+]1CC[NH+](CCS(=O)(=O)OCC(F)(F)C(F)F)CC1. The van der Waals surface area contributed by atoms with Crippen LogP contribution in [0.5, 0.6) is 0 Å². The van der Waals surface area contributed by atoms with Crippen molar-refractivity contribution in [3.8, 4) is 0 Å². The molecule has 0 aromatic heterocycles. The van der Waals surface area contributed by atoms with Gasteiger partial charge in [-0.15, -0.1) is 0 Å². The van der Waals surface area contributed by atoms with Crippen LogP contribution in [0.1, 0.15) is 0 Å². The Kier molecular flexibility index (Phi) is 6.17. The van der Waals surface area contributed by atoms with Crippen LogP contribution in [0.2, 0.25) is 0 Å². The molecule has 2 N–H and O–H groups in total. The first-order valence-electron chi connectivity index (χ1n) is 6.30. The van der Waals surface area contributed by atoms with Crippen molar-refractivity contribution in [1.82, 2.24) is 0 Å². The minimum atomic E-state index is -4.45. The van der Waals surface area contributed by atoms with Gasteiger partial charge in [0.25, 0.3) is 10.1 Å². The molecule has 0 aliphatic carbocycles. The maximum atomic E-state index is 12.6. The summed E-state index contributed by atoms with van der Waals surface area (Å²) in [6, 6.07) is 0. The third-order valence-corrected chi connectivity index (χ3v) is 4.45. The monoisotopic (exact) mass is 324 g/mol. The molecule has 10 heteroatoms. The van der Waals surface area contributed by atoms with Crippen LogP contribution in [-0.2, 0) is 14.3 Å². The van der Waals surface area contributed by atoms with Crippen LogP contribution >= 0.6 is 0 Å². The molecular weight excluding hydrogens is 304 g/mol. The van der Waals surface area contributed by atoms with E-state index in [0.29, 0.717) is 0 Å². The fourth-order valence-corrected chi connectivity index (χ4v) is 2.83. The van der Waals surface area contributed by atoms with E-state index in [2.05, 4.69) is 4.18 Å². The van der Waals surface area contributed by atoms with Gasteiger partial charge in [-0.25, -0.2) is 8.78 Å². The minimum Gasteiger partial charge on any atom is -0.328 e. The number of hydrogen-bond acceptors (Lipinski definition) is 3. The molecule has 0 saturated carbocycles. The highest BCUT2D eigenvalue weighted by atomic mass is 32.2. The first kappa shape index (κ1) is 17.6. The number of likely N-dealkylation sites (N-methyl/N-ethyl adjacent to an activating group) is 1. The van der Waals surface area contributed by atoms with E-state index in [1.54, 1.807) is 0 Å². The third kappa shape index (κ3) is 5.90. The molecule has 1 heterocycles. The van der Waals surface area contributed by atoms with Gasteiger partial charge in [0.05, 0.1) is 13.6 Å². The van der Waals surface area contributed by atoms with E-state index in [0.717, 1.165) is 31.1 Å². The zero-order chi connectivity index (χ0) is 15.4. The molecule has 1 rings (SSSR count). The fourth-order valence-electron chi connectivity index (χ4n) is 1.84. The summed E-state index contributed by atoms with van der Waals surface area (Å²) < 4.78 is 75.6. The van der Waals surface area contributed by atoms with Gasteiger partial charge in [-0.1, -0.05) is 0 Å². The lowest BCUT2D eigenvalue weighted by molar-refractivity contribution is -1.00. The summed E-state index contributed by atoms with van der Waals surface area (Å²) in [6.07, 6.45) is -3.94. The maximum absolute atomic E-state index is 12.6. The molecule has 0 aromatic rings. The van der Waals surface area contributed by atoms with Gasteiger partial charge in [0.1, 0.15) is 38.5 Å². The molecular formula is C10H20F4N2O3S+2. The number of nitrogens with one attached hydrogen (secondary N) is 2. The lowest BCUT2D eigenvalue weighted by Crippen LogP contribution is -3.27. The van der Waals surface area contributed by atoms with Crippen LogP contribution < -0.4 is 9.80 Å². The standard InChI is InChI=1S/C10H18F4N2O3S/c1-15-2-4-16(5-3-15)6-7-20(17,18)19-8-10(13,14)9(11)12/h9H,2-8H2,1H3/p+2. The molecule has 1 saturated heterocycles. The van der Waals surface area contributed by atoms with Crippen LogP contribution in [0.4, 0.5) is 17.6 Å². The van der Waals surface area contributed by atoms with Crippen LogP contribution in [-0.4, -0.2) is 72.9 Å². The summed E-state index contributed by atoms with van der Waals surface area (Å²) in [6.45, 7) is 1.80. The molecule has 0 bridgehead atoms. The predicted molar refractivity (Wildman–Crippen MR) is 62.9 cm³/mol. The molecule has 0 amide bonds. The highest BCUT2D eigenvalue weighted by molar-refractivity contribution is 7.86. The molecule has 0 unspecified atom stereocenters. The second kappa shape index (κ2) is 7.01. The zero-order valence-electron chi connectivity index (χ0n) is 11.2. The van der Waals surface area contributed by atoms with Gasteiger partial charge in [-0.3, -0.25) is 4.18 Å². The highest BCUT2D eigenvalue weighted by Crippen LogP contribution is 2.23. The van der Waals surface area contributed by atoms with E-state index in [9.17, 15) is 26.0 Å². The largest absolute Gasteiger partial charge is 0.331 e. The van der Waals surface area contributed by atoms with Crippen molar-refractivity contribution in [3.63, 3.8) is 0 Å². The van der Waals surface area contributed by atoms with Crippen LogP contribution in [0.25, 0.3) is 0 Å². The Morgan fingerprint density at radius 2 is 1.75 bits per heavy atom. The Labute approximate surface area is 115 Å². The maximum Gasteiger partial charge on any atom is 0.331 e. The van der Waals surface area contributed by atoms with E-state index in [1.807, 2.05) is 7.05 Å². The molecule has 0 spiro atoms. The second-order valence-electron chi connectivity index (χ2n) is 5.04. The molecule has 1 aliphatic rings. The van der Waals surface area contributed by atoms with E-state index < -0.39 is 34.8 Å². The van der Waals surface area contributed by atoms with Gasteiger partial charge in [-0.05, 0) is 0 Å². The lowest BCUT2D eigenvalue weighted by atomic mass is 10.3. The van der Waals surface area contributed by atoms with Crippen LogP contribution in [0, 0.1) is 0 Å². The molecule has 1 aliphatic heterocycles. The first-order valence-corrected chi connectivity index (χ1v) is 7.88. The zero-order valence-corrected chi connectivity index (χ0v) is 12.0. The Hall–Kier alpha value is -0.450. The van der Waals surface area contributed by atoms with Crippen molar-refractivity contribution in [1.29, 1.82) is 0 Å². The highest BCUT2D eigenvalue weighted by Gasteiger charge is 2.42. The third-order valence-electron chi connectivity index (χ3n) is 3.27. The van der Waals surface area contributed by atoms with Crippen molar-refractivity contribution < 1.29 is 40.0 Å². The van der Waals surface area contributed by atoms with Gasteiger partial charge in [-0.2, -0.15) is 17.2 Å². The van der Waals surface area contributed by atoms with Crippen molar-refractivity contribution in [2.75, 3.05) is 52.1 Å². The number of rotatable bonds is 7. The molecule has 120 valence electrons. The summed E-state index contributed by atoms with van der Waals surface area (Å²) in [4.78, 5) is 2.40.